The van der Waals surface area contributed by atoms with Crippen LogP contribution in [0.15, 0.2) is 28.8 Å². The van der Waals surface area contributed by atoms with Crippen LogP contribution >= 0.6 is 11.3 Å². The molecule has 1 atom stereocenters. The number of aromatic carboxylic acids is 1. The Morgan fingerprint density at radius 1 is 1.32 bits per heavy atom. The second-order valence-electron chi connectivity index (χ2n) is 6.62. The van der Waals surface area contributed by atoms with Crippen molar-refractivity contribution in [3.05, 3.63) is 51.0 Å². The third-order valence-corrected chi connectivity index (χ3v) is 6.21. The molecule has 1 aliphatic heterocycles. The number of aromatic nitrogens is 1. The number of benzene rings is 1. The van der Waals surface area contributed by atoms with Crippen LogP contribution < -0.4 is 10.1 Å². The van der Waals surface area contributed by atoms with E-state index in [9.17, 15) is 14.7 Å². The number of nitrogens with zero attached hydrogens (tertiary/aromatic N) is 1. The summed E-state index contributed by atoms with van der Waals surface area (Å²) in [5.74, 6) is -0.175. The van der Waals surface area contributed by atoms with Crippen molar-refractivity contribution in [2.45, 2.75) is 26.2 Å². The SMILES string of the molecule is COc1ccc(-c2c(C(=O)O)sc3c2NC(=O)CC3c2c(C)noc2C)cc1. The first-order chi connectivity index (χ1) is 13.4. The molecule has 3 heterocycles. The lowest BCUT2D eigenvalue weighted by Crippen LogP contribution is -2.23. The van der Waals surface area contributed by atoms with E-state index in [1.165, 1.54) is 11.3 Å². The number of rotatable bonds is 4. The van der Waals surface area contributed by atoms with Crippen molar-refractivity contribution in [1.82, 2.24) is 5.16 Å². The molecule has 0 radical (unpaired) electrons. The fraction of sp³-hybridized carbons (Fsp3) is 0.250. The predicted octanol–water partition coefficient (Wildman–Crippen LogP) is 4.20. The largest absolute Gasteiger partial charge is 0.497 e. The van der Waals surface area contributed by atoms with Gasteiger partial charge in [0.15, 0.2) is 0 Å². The summed E-state index contributed by atoms with van der Waals surface area (Å²) in [6, 6.07) is 7.11. The van der Waals surface area contributed by atoms with Crippen LogP contribution in [-0.4, -0.2) is 29.2 Å². The molecule has 2 aromatic heterocycles. The zero-order valence-corrected chi connectivity index (χ0v) is 16.3. The topological polar surface area (TPSA) is 102 Å². The molecule has 4 rings (SSSR count). The molecule has 1 amide bonds. The van der Waals surface area contributed by atoms with E-state index in [1.807, 2.05) is 6.92 Å². The van der Waals surface area contributed by atoms with E-state index in [1.54, 1.807) is 38.3 Å². The highest BCUT2D eigenvalue weighted by Crippen LogP contribution is 2.50. The van der Waals surface area contributed by atoms with E-state index in [0.29, 0.717) is 34.0 Å². The highest BCUT2D eigenvalue weighted by atomic mass is 32.1. The number of anilines is 1. The molecule has 0 saturated carbocycles. The summed E-state index contributed by atoms with van der Waals surface area (Å²) in [4.78, 5) is 25.5. The highest BCUT2D eigenvalue weighted by Gasteiger charge is 2.36. The van der Waals surface area contributed by atoms with E-state index in [4.69, 9.17) is 9.26 Å². The average Bonchev–Trinajstić information content (AvgIpc) is 3.21. The van der Waals surface area contributed by atoms with Gasteiger partial charge < -0.3 is 19.7 Å². The number of carboxylic acid groups (broad SMARTS) is 1. The Hall–Kier alpha value is -3.13. The molecule has 1 aromatic carbocycles. The van der Waals surface area contributed by atoms with Gasteiger partial charge in [-0.05, 0) is 31.5 Å². The minimum atomic E-state index is -1.03. The lowest BCUT2D eigenvalue weighted by atomic mass is 9.87. The molecule has 1 unspecified atom stereocenters. The lowest BCUT2D eigenvalue weighted by molar-refractivity contribution is -0.116. The molecular formula is C20H18N2O5S. The van der Waals surface area contributed by atoms with Gasteiger partial charge in [-0.25, -0.2) is 4.79 Å². The van der Waals surface area contributed by atoms with Gasteiger partial charge in [-0.15, -0.1) is 11.3 Å². The number of carboxylic acids is 1. The summed E-state index contributed by atoms with van der Waals surface area (Å²) in [6.45, 7) is 3.63. The number of aryl methyl sites for hydroxylation is 2. The molecule has 0 aliphatic carbocycles. The van der Waals surface area contributed by atoms with Gasteiger partial charge in [0.25, 0.3) is 0 Å². The van der Waals surface area contributed by atoms with Crippen LogP contribution in [0.2, 0.25) is 0 Å². The number of nitrogens with one attached hydrogen (secondary N) is 1. The number of hydrogen-bond donors (Lipinski definition) is 2. The van der Waals surface area contributed by atoms with Crippen LogP contribution in [0, 0.1) is 13.8 Å². The van der Waals surface area contributed by atoms with Gasteiger partial charge in [0.2, 0.25) is 5.91 Å². The fourth-order valence-corrected chi connectivity index (χ4v) is 4.92. The van der Waals surface area contributed by atoms with Crippen molar-refractivity contribution in [2.75, 3.05) is 12.4 Å². The molecule has 0 spiro atoms. The fourth-order valence-electron chi connectivity index (χ4n) is 3.69. The number of carbonyl (C=O) groups excluding carboxylic acids is 1. The smallest absolute Gasteiger partial charge is 0.346 e. The van der Waals surface area contributed by atoms with Crippen LogP contribution in [0.5, 0.6) is 5.75 Å². The molecule has 3 aromatic rings. The summed E-state index contributed by atoms with van der Waals surface area (Å²) >= 11 is 1.19. The van der Waals surface area contributed by atoms with E-state index < -0.39 is 5.97 Å². The van der Waals surface area contributed by atoms with Gasteiger partial charge in [-0.1, -0.05) is 17.3 Å². The maximum Gasteiger partial charge on any atom is 0.346 e. The Bertz CT molecular complexity index is 1060. The van der Waals surface area contributed by atoms with Crippen molar-refractivity contribution in [3.8, 4) is 16.9 Å². The van der Waals surface area contributed by atoms with Crippen LogP contribution in [0.4, 0.5) is 5.69 Å². The first-order valence-electron chi connectivity index (χ1n) is 8.67. The zero-order chi connectivity index (χ0) is 20.0. The monoisotopic (exact) mass is 398 g/mol. The van der Waals surface area contributed by atoms with Crippen LogP contribution in [0.1, 0.15) is 43.9 Å². The van der Waals surface area contributed by atoms with E-state index in [-0.39, 0.29) is 23.1 Å². The van der Waals surface area contributed by atoms with Gasteiger partial charge in [0.1, 0.15) is 16.4 Å². The molecule has 0 bridgehead atoms. The molecular weight excluding hydrogens is 380 g/mol. The number of thiophene rings is 1. The minimum absolute atomic E-state index is 0.165. The zero-order valence-electron chi connectivity index (χ0n) is 15.5. The average molecular weight is 398 g/mol. The third-order valence-electron chi connectivity index (χ3n) is 4.92. The quantitative estimate of drug-likeness (QED) is 0.683. The van der Waals surface area contributed by atoms with Crippen LogP contribution in [0.25, 0.3) is 11.1 Å². The standard InChI is InChI=1S/C20H18N2O5S/c1-9-15(10(2)27-22-9)13-8-14(23)21-17-16(19(20(24)25)28-18(13)17)11-4-6-12(26-3)7-5-11/h4-7,13H,8H2,1-3H3,(H,21,23)(H,24,25). The summed E-state index contributed by atoms with van der Waals surface area (Å²) in [5.41, 5.74) is 3.32. The first-order valence-corrected chi connectivity index (χ1v) is 9.49. The Kier molecular flexibility index (Phi) is 4.43. The van der Waals surface area contributed by atoms with Crippen molar-refractivity contribution in [3.63, 3.8) is 0 Å². The van der Waals surface area contributed by atoms with Gasteiger partial charge in [0.05, 0.1) is 18.5 Å². The first kappa shape index (κ1) is 18.2. The van der Waals surface area contributed by atoms with E-state index in [2.05, 4.69) is 10.5 Å². The van der Waals surface area contributed by atoms with Gasteiger partial charge >= 0.3 is 5.97 Å². The second kappa shape index (κ2) is 6.79. The summed E-state index contributed by atoms with van der Waals surface area (Å²) < 4.78 is 10.5. The molecule has 7 nitrogen and oxygen atoms in total. The predicted molar refractivity (Wildman–Crippen MR) is 104 cm³/mol. The summed E-state index contributed by atoms with van der Waals surface area (Å²) in [5, 5.41) is 16.7. The Morgan fingerprint density at radius 2 is 2.04 bits per heavy atom. The van der Waals surface area contributed by atoms with Gasteiger partial charge in [0, 0.05) is 28.3 Å². The summed E-state index contributed by atoms with van der Waals surface area (Å²) in [7, 11) is 1.57. The number of methoxy groups -OCH3 is 1. The number of ether oxygens (including phenoxy) is 1. The lowest BCUT2D eigenvalue weighted by Gasteiger charge is -2.23. The second-order valence-corrected chi connectivity index (χ2v) is 7.67. The van der Waals surface area contributed by atoms with E-state index in [0.717, 1.165) is 10.4 Å². The molecule has 8 heteroatoms. The molecule has 0 saturated heterocycles. The summed E-state index contributed by atoms with van der Waals surface area (Å²) in [6.07, 6.45) is 0.220. The van der Waals surface area contributed by atoms with Crippen molar-refractivity contribution < 1.29 is 24.0 Å². The van der Waals surface area contributed by atoms with Crippen molar-refractivity contribution >= 4 is 28.9 Å². The third kappa shape index (κ3) is 2.86. The molecule has 0 fully saturated rings. The maximum atomic E-state index is 12.5. The molecule has 1 aliphatic rings. The Morgan fingerprint density at radius 3 is 2.61 bits per heavy atom. The van der Waals surface area contributed by atoms with Crippen LogP contribution in [0.3, 0.4) is 0 Å². The Balaban J connectivity index is 1.94. The molecule has 2 N–H and O–H groups in total. The number of hydrogen-bond acceptors (Lipinski definition) is 6. The normalized spacial score (nSPS) is 15.8. The number of carbonyl (C=O) groups is 2. The van der Waals surface area contributed by atoms with Gasteiger partial charge in [-0.3, -0.25) is 4.79 Å². The minimum Gasteiger partial charge on any atom is -0.497 e. The molecule has 144 valence electrons. The van der Waals surface area contributed by atoms with E-state index >= 15 is 0 Å². The van der Waals surface area contributed by atoms with Crippen molar-refractivity contribution in [1.29, 1.82) is 0 Å². The Labute approximate surface area is 164 Å². The number of amides is 1. The van der Waals surface area contributed by atoms with Crippen LogP contribution in [-0.2, 0) is 4.79 Å². The van der Waals surface area contributed by atoms with Gasteiger partial charge in [-0.2, -0.15) is 0 Å². The maximum absolute atomic E-state index is 12.5. The highest BCUT2D eigenvalue weighted by molar-refractivity contribution is 7.15. The van der Waals surface area contributed by atoms with Crippen molar-refractivity contribution in [2.24, 2.45) is 0 Å². The number of fused-ring (bicyclic) bond motifs is 1. The molecule has 28 heavy (non-hydrogen) atoms.